The highest BCUT2D eigenvalue weighted by Crippen LogP contribution is 1.85. The van der Waals surface area contributed by atoms with Crippen molar-refractivity contribution in [1.29, 1.82) is 0 Å². The molecule has 4 nitrogen and oxygen atoms in total. The zero-order chi connectivity index (χ0) is 5.98. The third kappa shape index (κ3) is 1.73. The van der Waals surface area contributed by atoms with Crippen LogP contribution in [-0.2, 0) is 0 Å². The van der Waals surface area contributed by atoms with E-state index in [2.05, 4.69) is 0 Å². The lowest BCUT2D eigenvalue weighted by Crippen LogP contribution is -2.03. The lowest BCUT2D eigenvalue weighted by Gasteiger charge is -1.83. The Hall–Kier alpha value is -1.03. The van der Waals surface area contributed by atoms with Gasteiger partial charge in [-0.2, -0.15) is 0 Å². The van der Waals surface area contributed by atoms with Gasteiger partial charge in [0, 0.05) is 0 Å². The summed E-state index contributed by atoms with van der Waals surface area (Å²) >= 11 is 0. The van der Waals surface area contributed by atoms with Gasteiger partial charge in [-0.1, -0.05) is 4.68 Å². The van der Waals surface area contributed by atoms with Crippen LogP contribution in [0.3, 0.4) is 0 Å². The molecule has 1 aromatic heterocycles. The minimum Gasteiger partial charge on any atom is -0.234 e. The van der Waals surface area contributed by atoms with Crippen molar-refractivity contribution >= 4 is 12.4 Å². The summed E-state index contributed by atoms with van der Waals surface area (Å²) in [5.74, 6) is 0. The van der Waals surface area contributed by atoms with Crippen LogP contribution in [0, 0.1) is 10.1 Å². The fraction of sp³-hybridized carbons (Fsp3) is 0. The number of nitrogens with zero attached hydrogens (tertiary/aromatic N) is 2. The van der Waals surface area contributed by atoms with E-state index in [4.69, 9.17) is 0 Å². The highest BCUT2D eigenvalue weighted by atomic mass is 35.5. The minimum atomic E-state index is -0.500. The van der Waals surface area contributed by atoms with Gasteiger partial charge in [0.05, 0.1) is 12.4 Å². The van der Waals surface area contributed by atoms with Crippen LogP contribution >= 0.6 is 12.4 Å². The zero-order valence-electron chi connectivity index (χ0n) is 4.43. The number of nitro groups is 1. The predicted molar refractivity (Wildman–Crippen MR) is 34.1 cm³/mol. The molecule has 1 aromatic rings. The first-order valence-electron chi connectivity index (χ1n) is 2.08. The Labute approximate surface area is 57.6 Å². The maximum Gasteiger partial charge on any atom is 0.169 e. The van der Waals surface area contributed by atoms with Crippen LogP contribution in [0.1, 0.15) is 0 Å². The van der Waals surface area contributed by atoms with Gasteiger partial charge in [-0.3, -0.25) is 0 Å². The van der Waals surface area contributed by atoms with Crippen LogP contribution in [0.25, 0.3) is 0 Å². The molecule has 0 saturated carbocycles. The van der Waals surface area contributed by atoms with Gasteiger partial charge in [0.2, 0.25) is 0 Å². The number of hydrogen-bond acceptors (Lipinski definition) is 2. The number of aromatic nitrogens is 1. The normalized spacial score (nSPS) is 8.00. The topological polar surface area (TPSA) is 48.1 Å². The first-order chi connectivity index (χ1) is 3.80. The molecule has 0 atom stereocenters. The second-order valence-electron chi connectivity index (χ2n) is 1.30. The smallest absolute Gasteiger partial charge is 0.169 e. The molecule has 0 aliphatic carbocycles. The lowest BCUT2D eigenvalue weighted by atomic mass is 10.7. The van der Waals surface area contributed by atoms with Gasteiger partial charge in [-0.05, 0) is 12.1 Å². The zero-order valence-corrected chi connectivity index (χ0v) is 5.25. The van der Waals surface area contributed by atoms with Gasteiger partial charge in [-0.15, -0.1) is 12.4 Å². The maximum atomic E-state index is 9.83. The van der Waals surface area contributed by atoms with E-state index in [1.165, 1.54) is 12.4 Å². The Morgan fingerprint density at radius 1 is 1.33 bits per heavy atom. The quantitative estimate of drug-likeness (QED) is 0.440. The molecule has 50 valence electrons. The highest BCUT2D eigenvalue weighted by Gasteiger charge is 1.93. The van der Waals surface area contributed by atoms with Gasteiger partial charge in [-0.25, -0.2) is 10.1 Å². The van der Waals surface area contributed by atoms with E-state index in [1.807, 2.05) is 0 Å². The van der Waals surface area contributed by atoms with Gasteiger partial charge in [0.1, 0.15) is 0 Å². The molecule has 0 aliphatic rings. The Balaban J connectivity index is 0.000000640. The van der Waals surface area contributed by atoms with Crippen molar-refractivity contribution in [2.24, 2.45) is 0 Å². The van der Waals surface area contributed by atoms with E-state index >= 15 is 0 Å². The van der Waals surface area contributed by atoms with E-state index in [0.717, 1.165) is 4.68 Å². The third-order valence-electron chi connectivity index (χ3n) is 0.777. The average Bonchev–Trinajstić information content (AvgIpc) is 2.12. The van der Waals surface area contributed by atoms with Crippen molar-refractivity contribution in [2.75, 3.05) is 0 Å². The third-order valence-corrected chi connectivity index (χ3v) is 0.777. The van der Waals surface area contributed by atoms with Crippen molar-refractivity contribution in [3.8, 4) is 0 Å². The van der Waals surface area contributed by atoms with Crippen LogP contribution in [0.15, 0.2) is 24.5 Å². The van der Waals surface area contributed by atoms with E-state index in [-0.39, 0.29) is 12.4 Å². The Morgan fingerprint density at radius 3 is 2.00 bits per heavy atom. The Bertz CT molecular complexity index is 184. The fourth-order valence-electron chi connectivity index (χ4n) is 0.434. The van der Waals surface area contributed by atoms with Gasteiger partial charge in [0.15, 0.2) is 5.03 Å². The first-order valence-corrected chi connectivity index (χ1v) is 2.08. The molecular formula is C4H5ClN2O2. The largest absolute Gasteiger partial charge is 0.234 e. The molecule has 0 aliphatic heterocycles. The molecule has 9 heavy (non-hydrogen) atoms. The number of halogens is 1. The summed E-state index contributed by atoms with van der Waals surface area (Å²) in [4.78, 5) is 9.83. The molecule has 0 spiro atoms. The van der Waals surface area contributed by atoms with Crippen molar-refractivity contribution in [1.82, 2.24) is 4.68 Å². The molecule has 0 fully saturated rings. The summed E-state index contributed by atoms with van der Waals surface area (Å²) in [7, 11) is 0. The molecule has 0 radical (unpaired) electrons. The SMILES string of the molecule is Cl.O=[N+]([O-])n1cccc1. The van der Waals surface area contributed by atoms with Gasteiger partial charge < -0.3 is 0 Å². The predicted octanol–water partition coefficient (Wildman–Crippen LogP) is 0.950. The lowest BCUT2D eigenvalue weighted by molar-refractivity contribution is -0.541. The van der Waals surface area contributed by atoms with E-state index in [9.17, 15) is 10.1 Å². The first kappa shape index (κ1) is 7.97. The average molecular weight is 149 g/mol. The summed E-state index contributed by atoms with van der Waals surface area (Å²) in [6, 6.07) is 3.20. The molecular weight excluding hydrogens is 144 g/mol. The van der Waals surface area contributed by atoms with Crippen LogP contribution in [0.2, 0.25) is 0 Å². The minimum absolute atomic E-state index is 0. The van der Waals surface area contributed by atoms with Crippen molar-refractivity contribution in [3.63, 3.8) is 0 Å². The maximum absolute atomic E-state index is 9.83. The van der Waals surface area contributed by atoms with Crippen LogP contribution in [-0.4, -0.2) is 9.71 Å². The van der Waals surface area contributed by atoms with Crippen LogP contribution in [0.5, 0.6) is 0 Å². The van der Waals surface area contributed by atoms with Crippen LogP contribution in [0.4, 0.5) is 0 Å². The van der Waals surface area contributed by atoms with Gasteiger partial charge in [0.25, 0.3) is 0 Å². The fourth-order valence-corrected chi connectivity index (χ4v) is 0.434. The van der Waals surface area contributed by atoms with E-state index < -0.39 is 5.03 Å². The van der Waals surface area contributed by atoms with Gasteiger partial charge >= 0.3 is 0 Å². The summed E-state index contributed by atoms with van der Waals surface area (Å²) in [5, 5.41) is 9.33. The summed E-state index contributed by atoms with van der Waals surface area (Å²) < 4.78 is 0.889. The molecule has 0 unspecified atom stereocenters. The monoisotopic (exact) mass is 148 g/mol. The molecule has 0 N–H and O–H groups in total. The molecule has 0 amide bonds. The molecule has 1 rings (SSSR count). The van der Waals surface area contributed by atoms with Crippen molar-refractivity contribution in [3.05, 3.63) is 34.6 Å². The molecule has 0 saturated heterocycles. The number of rotatable bonds is 1. The Kier molecular flexibility index (Phi) is 2.73. The highest BCUT2D eigenvalue weighted by molar-refractivity contribution is 5.85. The van der Waals surface area contributed by atoms with E-state index in [0.29, 0.717) is 0 Å². The second kappa shape index (κ2) is 3.09. The number of hydrogen-bond donors (Lipinski definition) is 0. The van der Waals surface area contributed by atoms with Crippen molar-refractivity contribution < 1.29 is 5.03 Å². The summed E-state index contributed by atoms with van der Waals surface area (Å²) in [6.45, 7) is 0. The second-order valence-corrected chi connectivity index (χ2v) is 1.30. The molecule has 5 heteroatoms. The molecule has 0 aromatic carbocycles. The van der Waals surface area contributed by atoms with E-state index in [1.54, 1.807) is 12.1 Å². The summed E-state index contributed by atoms with van der Waals surface area (Å²) in [5.41, 5.74) is 0. The Morgan fingerprint density at radius 2 is 1.78 bits per heavy atom. The summed E-state index contributed by atoms with van der Waals surface area (Å²) in [6.07, 6.45) is 2.75. The standard InChI is InChI=1S/C4H4N2O2.ClH/c7-6(8)5-3-1-2-4-5;/h1-4H;1H. The van der Waals surface area contributed by atoms with Crippen LogP contribution < -0.4 is 0 Å². The molecule has 0 bridgehead atoms. The molecule has 1 heterocycles. The van der Waals surface area contributed by atoms with Crippen molar-refractivity contribution in [2.45, 2.75) is 0 Å².